The molecule has 2 aromatic rings. The number of benzene rings is 2. The van der Waals surface area contributed by atoms with Gasteiger partial charge < -0.3 is 10.2 Å². The van der Waals surface area contributed by atoms with E-state index in [4.69, 9.17) is 0 Å². The Labute approximate surface area is 192 Å². The Balaban J connectivity index is 1.21. The van der Waals surface area contributed by atoms with Crippen LogP contribution in [0.25, 0.3) is 0 Å². The Morgan fingerprint density at radius 3 is 2.12 bits per heavy atom. The fourth-order valence-corrected chi connectivity index (χ4v) is 5.39. The van der Waals surface area contributed by atoms with Crippen LogP contribution in [-0.4, -0.2) is 36.3 Å². The minimum atomic E-state index is -0.152. The van der Waals surface area contributed by atoms with Gasteiger partial charge in [-0.1, -0.05) is 67.1 Å². The van der Waals surface area contributed by atoms with E-state index in [9.17, 15) is 9.59 Å². The van der Waals surface area contributed by atoms with Gasteiger partial charge in [-0.25, -0.2) is 0 Å². The van der Waals surface area contributed by atoms with Crippen LogP contribution >= 0.6 is 0 Å². The molecule has 1 saturated heterocycles. The van der Waals surface area contributed by atoms with E-state index in [1.807, 2.05) is 23.1 Å². The summed E-state index contributed by atoms with van der Waals surface area (Å²) in [6.07, 6.45) is 7.77. The SMILES string of the molecule is O=C(NCCCc1ccccc1)C1CCC[C@H]1C(=O)N1CCC(Cc2ccccc2)CC1. The summed E-state index contributed by atoms with van der Waals surface area (Å²) in [7, 11) is 0. The number of carbonyl (C=O) groups is 2. The highest BCUT2D eigenvalue weighted by Crippen LogP contribution is 2.34. The molecule has 1 unspecified atom stereocenters. The predicted octanol–water partition coefficient (Wildman–Crippen LogP) is 4.63. The summed E-state index contributed by atoms with van der Waals surface area (Å²) >= 11 is 0. The van der Waals surface area contributed by atoms with Gasteiger partial charge in [0.15, 0.2) is 0 Å². The topological polar surface area (TPSA) is 49.4 Å². The minimum absolute atomic E-state index is 0.0767. The monoisotopic (exact) mass is 432 g/mol. The second-order valence-electron chi connectivity index (χ2n) is 9.48. The lowest BCUT2D eigenvalue weighted by atomic mass is 9.88. The smallest absolute Gasteiger partial charge is 0.226 e. The van der Waals surface area contributed by atoms with Crippen LogP contribution < -0.4 is 5.32 Å². The molecule has 0 radical (unpaired) electrons. The molecule has 0 aromatic heterocycles. The van der Waals surface area contributed by atoms with Gasteiger partial charge >= 0.3 is 0 Å². The Bertz CT molecular complexity index is 860. The highest BCUT2D eigenvalue weighted by Gasteiger charge is 2.40. The molecule has 0 bridgehead atoms. The molecule has 2 aromatic carbocycles. The van der Waals surface area contributed by atoms with Crippen molar-refractivity contribution in [3.8, 4) is 0 Å². The van der Waals surface area contributed by atoms with Crippen LogP contribution in [0.3, 0.4) is 0 Å². The van der Waals surface area contributed by atoms with Crippen molar-refractivity contribution in [1.82, 2.24) is 10.2 Å². The van der Waals surface area contributed by atoms with Crippen LogP contribution in [0.15, 0.2) is 60.7 Å². The van der Waals surface area contributed by atoms with Gasteiger partial charge in [0.05, 0.1) is 0 Å². The zero-order valence-corrected chi connectivity index (χ0v) is 19.0. The van der Waals surface area contributed by atoms with Crippen LogP contribution in [0.1, 0.15) is 49.7 Å². The molecule has 1 N–H and O–H groups in total. The number of likely N-dealkylation sites (tertiary alicyclic amines) is 1. The molecule has 2 fully saturated rings. The number of amides is 2. The lowest BCUT2D eigenvalue weighted by Crippen LogP contribution is -2.45. The molecule has 4 rings (SSSR count). The average molecular weight is 433 g/mol. The average Bonchev–Trinajstić information content (AvgIpc) is 3.33. The molecule has 1 aliphatic heterocycles. The van der Waals surface area contributed by atoms with E-state index in [1.54, 1.807) is 0 Å². The lowest BCUT2D eigenvalue weighted by molar-refractivity contribution is -0.142. The van der Waals surface area contributed by atoms with Gasteiger partial charge in [0.1, 0.15) is 0 Å². The van der Waals surface area contributed by atoms with E-state index in [1.165, 1.54) is 11.1 Å². The van der Waals surface area contributed by atoms with Crippen LogP contribution in [0.4, 0.5) is 0 Å². The Hall–Kier alpha value is -2.62. The van der Waals surface area contributed by atoms with E-state index < -0.39 is 0 Å². The molecular formula is C28H36N2O2. The van der Waals surface area contributed by atoms with Crippen molar-refractivity contribution in [2.45, 2.75) is 51.4 Å². The normalized spacial score (nSPS) is 21.4. The van der Waals surface area contributed by atoms with Gasteiger partial charge in [-0.05, 0) is 62.0 Å². The molecule has 2 aliphatic rings. The van der Waals surface area contributed by atoms with Gasteiger partial charge in [-0.15, -0.1) is 0 Å². The summed E-state index contributed by atoms with van der Waals surface area (Å²) < 4.78 is 0. The van der Waals surface area contributed by atoms with Crippen LogP contribution in [0.5, 0.6) is 0 Å². The van der Waals surface area contributed by atoms with Gasteiger partial charge in [0.25, 0.3) is 0 Å². The maximum absolute atomic E-state index is 13.2. The highest BCUT2D eigenvalue weighted by molar-refractivity contribution is 5.88. The first-order valence-corrected chi connectivity index (χ1v) is 12.3. The largest absolute Gasteiger partial charge is 0.356 e. The van der Waals surface area contributed by atoms with Crippen molar-refractivity contribution in [3.05, 3.63) is 71.8 Å². The Morgan fingerprint density at radius 2 is 1.44 bits per heavy atom. The number of rotatable bonds is 8. The second kappa shape index (κ2) is 11.3. The van der Waals surface area contributed by atoms with Crippen molar-refractivity contribution >= 4 is 11.8 Å². The van der Waals surface area contributed by atoms with Crippen molar-refractivity contribution in [3.63, 3.8) is 0 Å². The Kier molecular flexibility index (Phi) is 7.97. The minimum Gasteiger partial charge on any atom is -0.356 e. The molecule has 0 spiro atoms. The number of piperidine rings is 1. The van der Waals surface area contributed by atoms with Crippen LogP contribution in [0.2, 0.25) is 0 Å². The molecule has 4 heteroatoms. The van der Waals surface area contributed by atoms with E-state index in [-0.39, 0.29) is 23.7 Å². The number of nitrogens with one attached hydrogen (secondary N) is 1. The van der Waals surface area contributed by atoms with Crippen molar-refractivity contribution in [1.29, 1.82) is 0 Å². The summed E-state index contributed by atoms with van der Waals surface area (Å²) in [5, 5.41) is 3.11. The van der Waals surface area contributed by atoms with E-state index in [2.05, 4.69) is 47.8 Å². The Morgan fingerprint density at radius 1 is 0.812 bits per heavy atom. The van der Waals surface area contributed by atoms with Gasteiger partial charge in [-0.2, -0.15) is 0 Å². The fraction of sp³-hybridized carbons (Fsp3) is 0.500. The first-order chi connectivity index (χ1) is 15.7. The number of nitrogens with zero attached hydrogens (tertiary/aromatic N) is 1. The lowest BCUT2D eigenvalue weighted by Gasteiger charge is -2.34. The standard InChI is InChI=1S/C28H36N2O2/c31-27(29-18-8-13-22-9-3-1-4-10-22)25-14-7-15-26(25)28(32)30-19-16-24(17-20-30)21-23-11-5-2-6-12-23/h1-6,9-12,24-26H,7-8,13-21H2,(H,29,31)/t25?,26-/m1/s1. The van der Waals surface area contributed by atoms with Crippen LogP contribution in [0, 0.1) is 17.8 Å². The first-order valence-electron chi connectivity index (χ1n) is 12.3. The quantitative estimate of drug-likeness (QED) is 0.618. The maximum Gasteiger partial charge on any atom is 0.226 e. The number of hydrogen-bond acceptors (Lipinski definition) is 2. The van der Waals surface area contributed by atoms with E-state index in [0.717, 1.165) is 64.5 Å². The third kappa shape index (κ3) is 5.99. The van der Waals surface area contributed by atoms with Gasteiger partial charge in [0, 0.05) is 31.5 Å². The van der Waals surface area contributed by atoms with Crippen molar-refractivity contribution in [2.24, 2.45) is 17.8 Å². The fourth-order valence-electron chi connectivity index (χ4n) is 5.39. The summed E-state index contributed by atoms with van der Waals surface area (Å²) in [5.41, 5.74) is 2.68. The molecule has 1 saturated carbocycles. The molecule has 170 valence electrons. The summed E-state index contributed by atoms with van der Waals surface area (Å²) in [4.78, 5) is 28.1. The molecule has 2 atom stereocenters. The third-order valence-electron chi connectivity index (χ3n) is 7.25. The second-order valence-corrected chi connectivity index (χ2v) is 9.48. The maximum atomic E-state index is 13.2. The first kappa shape index (κ1) is 22.6. The predicted molar refractivity (Wildman–Crippen MR) is 128 cm³/mol. The zero-order valence-electron chi connectivity index (χ0n) is 19.0. The summed E-state index contributed by atoms with van der Waals surface area (Å²) in [6.45, 7) is 2.34. The molecule has 2 amide bonds. The van der Waals surface area contributed by atoms with Crippen molar-refractivity contribution in [2.75, 3.05) is 19.6 Å². The zero-order chi connectivity index (χ0) is 22.2. The van der Waals surface area contributed by atoms with E-state index >= 15 is 0 Å². The molecule has 32 heavy (non-hydrogen) atoms. The molecule has 1 aliphatic carbocycles. The summed E-state index contributed by atoms with van der Waals surface area (Å²) in [6, 6.07) is 21.0. The summed E-state index contributed by atoms with van der Waals surface area (Å²) in [5.74, 6) is 0.655. The molecular weight excluding hydrogens is 396 g/mol. The number of carbonyl (C=O) groups excluding carboxylic acids is 2. The van der Waals surface area contributed by atoms with Crippen LogP contribution in [-0.2, 0) is 22.4 Å². The third-order valence-corrected chi connectivity index (χ3v) is 7.25. The highest BCUT2D eigenvalue weighted by atomic mass is 16.2. The number of aryl methyl sites for hydroxylation is 1. The van der Waals surface area contributed by atoms with E-state index in [0.29, 0.717) is 12.5 Å². The van der Waals surface area contributed by atoms with Crippen molar-refractivity contribution < 1.29 is 9.59 Å². The molecule has 1 heterocycles. The number of hydrogen-bond donors (Lipinski definition) is 1. The molecule has 4 nitrogen and oxygen atoms in total. The van der Waals surface area contributed by atoms with Gasteiger partial charge in [0.2, 0.25) is 11.8 Å². The van der Waals surface area contributed by atoms with Gasteiger partial charge in [-0.3, -0.25) is 9.59 Å².